The first-order chi connectivity index (χ1) is 11.9. The van der Waals surface area contributed by atoms with E-state index < -0.39 is 23.1 Å². The highest BCUT2D eigenvalue weighted by Gasteiger charge is 2.31. The Hall–Kier alpha value is -3.19. The van der Waals surface area contributed by atoms with E-state index in [4.69, 9.17) is 16.4 Å². The molecule has 1 aliphatic heterocycles. The molecular weight excluding hydrogens is 326 g/mol. The van der Waals surface area contributed by atoms with Crippen molar-refractivity contribution in [1.29, 1.82) is 10.7 Å². The van der Waals surface area contributed by atoms with Gasteiger partial charge in [0.25, 0.3) is 5.96 Å². The van der Waals surface area contributed by atoms with Crippen molar-refractivity contribution in [1.82, 2.24) is 10.3 Å². The van der Waals surface area contributed by atoms with Gasteiger partial charge in [-0.05, 0) is 37.0 Å². The van der Waals surface area contributed by atoms with Crippen LogP contribution in [0.4, 0.5) is 5.69 Å². The van der Waals surface area contributed by atoms with E-state index in [1.165, 1.54) is 4.90 Å². The van der Waals surface area contributed by atoms with E-state index in [0.29, 0.717) is 25.1 Å². The largest absolute Gasteiger partial charge is 0.325 e. The van der Waals surface area contributed by atoms with Gasteiger partial charge in [-0.1, -0.05) is 17.6 Å². The van der Waals surface area contributed by atoms with Gasteiger partial charge in [0, 0.05) is 12.2 Å². The molecule has 2 rings (SSSR count). The molecule has 25 heavy (non-hydrogen) atoms. The normalized spacial score (nSPS) is 17.4. The van der Waals surface area contributed by atoms with E-state index in [1.54, 1.807) is 29.7 Å². The first-order valence-corrected chi connectivity index (χ1v) is 7.72. The van der Waals surface area contributed by atoms with Crippen molar-refractivity contribution >= 4 is 17.6 Å². The summed E-state index contributed by atoms with van der Waals surface area (Å²) in [5.41, 5.74) is 8.98. The summed E-state index contributed by atoms with van der Waals surface area (Å²) < 4.78 is 0. The second-order valence-electron chi connectivity index (χ2n) is 5.70. The number of amides is 1. The molecule has 0 unspecified atom stereocenters. The van der Waals surface area contributed by atoms with Crippen LogP contribution in [-0.2, 0) is 11.2 Å². The van der Waals surface area contributed by atoms with Crippen molar-refractivity contribution in [3.05, 3.63) is 39.9 Å². The number of nitrogens with one attached hydrogen (secondary N) is 3. The number of hydrogen-bond acceptors (Lipinski definition) is 6. The second-order valence-corrected chi connectivity index (χ2v) is 5.70. The van der Waals surface area contributed by atoms with Gasteiger partial charge in [-0.15, -0.1) is 0 Å². The molecule has 0 saturated carbocycles. The minimum absolute atomic E-state index is 0.233. The average Bonchev–Trinajstić information content (AvgIpc) is 3.03. The molecule has 0 radical (unpaired) electrons. The molecule has 0 bridgehead atoms. The van der Waals surface area contributed by atoms with Crippen LogP contribution < -0.4 is 16.5 Å². The predicted octanol–water partition coefficient (Wildman–Crippen LogP) is 0.199. The third-order valence-corrected chi connectivity index (χ3v) is 3.88. The van der Waals surface area contributed by atoms with Gasteiger partial charge in [-0.25, -0.2) is 10.1 Å². The van der Waals surface area contributed by atoms with Crippen LogP contribution in [0.1, 0.15) is 18.4 Å². The van der Waals surface area contributed by atoms with E-state index in [1.807, 2.05) is 0 Å². The number of carbonyl (C=O) groups excluding carboxylic acids is 1. The third kappa shape index (κ3) is 4.89. The molecule has 1 heterocycles. The molecule has 10 heteroatoms. The van der Waals surface area contributed by atoms with Crippen molar-refractivity contribution in [2.24, 2.45) is 5.73 Å². The van der Waals surface area contributed by atoms with Crippen LogP contribution in [0.25, 0.3) is 0 Å². The fraction of sp³-hybridized carbons (Fsp3) is 0.400. The Labute approximate surface area is 144 Å². The number of nitrogens with zero attached hydrogens (tertiary/aromatic N) is 3. The molecule has 1 aromatic rings. The summed E-state index contributed by atoms with van der Waals surface area (Å²) in [7, 11) is 0. The number of nitrogens with two attached hydrogens (primary N) is 1. The molecule has 1 fully saturated rings. The van der Waals surface area contributed by atoms with Gasteiger partial charge in [0.2, 0.25) is 5.91 Å². The fourth-order valence-corrected chi connectivity index (χ4v) is 2.71. The zero-order chi connectivity index (χ0) is 18.4. The van der Waals surface area contributed by atoms with E-state index >= 15 is 0 Å². The lowest BCUT2D eigenvalue weighted by atomic mass is 10.0. The lowest BCUT2D eigenvalue weighted by molar-refractivity contribution is -0.525. The molecule has 1 aromatic carbocycles. The van der Waals surface area contributed by atoms with Gasteiger partial charge in [-0.2, -0.15) is 5.26 Å². The standard InChI is InChI=1S/C15H19N7O3/c16-9-12-2-1-7-21(12)14(23)13(17)8-10-3-5-11(6-4-10)19-15(18)20-22(24)25/h3-6,12-13H,1-2,7-8,17H2,(H3,18,19,20)/t12-,13-/m0/s1. The van der Waals surface area contributed by atoms with Crippen molar-refractivity contribution in [2.75, 3.05) is 11.9 Å². The summed E-state index contributed by atoms with van der Waals surface area (Å²) in [5.74, 6) is -0.690. The number of likely N-dealkylation sites (tertiary alicyclic amines) is 1. The zero-order valence-electron chi connectivity index (χ0n) is 13.4. The van der Waals surface area contributed by atoms with E-state index in [2.05, 4.69) is 11.4 Å². The average molecular weight is 345 g/mol. The highest BCUT2D eigenvalue weighted by atomic mass is 16.7. The van der Waals surface area contributed by atoms with Gasteiger partial charge in [0.05, 0.1) is 12.1 Å². The molecular formula is C15H19N7O3. The molecule has 1 amide bonds. The molecule has 0 aromatic heterocycles. The number of nitriles is 1. The Bertz CT molecular complexity index is 698. The predicted molar refractivity (Wildman–Crippen MR) is 89.9 cm³/mol. The maximum Gasteiger partial charge on any atom is 0.255 e. The summed E-state index contributed by atoms with van der Waals surface area (Å²) >= 11 is 0. The molecule has 5 N–H and O–H groups in total. The quantitative estimate of drug-likeness (QED) is 0.256. The molecule has 0 aliphatic carbocycles. The number of hydrazine groups is 1. The fourth-order valence-electron chi connectivity index (χ4n) is 2.71. The first kappa shape index (κ1) is 18.2. The van der Waals surface area contributed by atoms with Crippen molar-refractivity contribution < 1.29 is 9.83 Å². The Balaban J connectivity index is 1.92. The highest BCUT2D eigenvalue weighted by Crippen LogP contribution is 2.18. The maximum absolute atomic E-state index is 12.4. The number of hydrogen-bond donors (Lipinski definition) is 4. The molecule has 1 saturated heterocycles. The van der Waals surface area contributed by atoms with E-state index in [0.717, 1.165) is 12.0 Å². The van der Waals surface area contributed by atoms with E-state index in [-0.39, 0.29) is 5.91 Å². The Morgan fingerprint density at radius 3 is 2.80 bits per heavy atom. The number of guanidine groups is 1. The van der Waals surface area contributed by atoms with Crippen molar-refractivity contribution in [3.63, 3.8) is 0 Å². The van der Waals surface area contributed by atoms with Gasteiger partial charge in [0.15, 0.2) is 5.03 Å². The number of rotatable bonds is 5. The lowest BCUT2D eigenvalue weighted by Gasteiger charge is -2.23. The molecule has 2 atom stereocenters. The topological polar surface area (TPSA) is 161 Å². The first-order valence-electron chi connectivity index (χ1n) is 7.72. The van der Waals surface area contributed by atoms with Crippen molar-refractivity contribution in [3.8, 4) is 6.07 Å². The van der Waals surface area contributed by atoms with Crippen LogP contribution in [0.2, 0.25) is 0 Å². The zero-order valence-corrected chi connectivity index (χ0v) is 13.4. The molecule has 132 valence electrons. The number of benzene rings is 1. The van der Waals surface area contributed by atoms with Crippen molar-refractivity contribution in [2.45, 2.75) is 31.3 Å². The lowest BCUT2D eigenvalue weighted by Crippen LogP contribution is -2.46. The van der Waals surface area contributed by atoms with Crippen LogP contribution in [0, 0.1) is 26.9 Å². The smallest absolute Gasteiger partial charge is 0.255 e. The van der Waals surface area contributed by atoms with Crippen LogP contribution in [0.15, 0.2) is 24.3 Å². The summed E-state index contributed by atoms with van der Waals surface area (Å²) in [6.45, 7) is 0.555. The minimum Gasteiger partial charge on any atom is -0.325 e. The maximum atomic E-state index is 12.4. The van der Waals surface area contributed by atoms with Crippen LogP contribution >= 0.6 is 0 Å². The Morgan fingerprint density at radius 2 is 2.20 bits per heavy atom. The van der Waals surface area contributed by atoms with Crippen LogP contribution in [0.3, 0.4) is 0 Å². The van der Waals surface area contributed by atoms with Gasteiger partial charge in [-0.3, -0.25) is 10.2 Å². The van der Waals surface area contributed by atoms with Gasteiger partial charge >= 0.3 is 0 Å². The number of anilines is 1. The summed E-state index contributed by atoms with van der Waals surface area (Å²) in [6, 6.07) is 7.70. The summed E-state index contributed by atoms with van der Waals surface area (Å²) in [4.78, 5) is 24.1. The van der Waals surface area contributed by atoms with Gasteiger partial charge < -0.3 is 16.0 Å². The summed E-state index contributed by atoms with van der Waals surface area (Å²) in [5, 5.41) is 28.3. The Kier molecular flexibility index (Phi) is 5.86. The van der Waals surface area contributed by atoms with Crippen LogP contribution in [-0.4, -0.2) is 40.4 Å². The van der Waals surface area contributed by atoms with Gasteiger partial charge in [0.1, 0.15) is 6.04 Å². The third-order valence-electron chi connectivity index (χ3n) is 3.88. The van der Waals surface area contributed by atoms with E-state index in [9.17, 15) is 14.9 Å². The van der Waals surface area contributed by atoms with Crippen LogP contribution in [0.5, 0.6) is 0 Å². The highest BCUT2D eigenvalue weighted by molar-refractivity contribution is 5.90. The number of nitro groups is 1. The minimum atomic E-state index is -0.832. The monoisotopic (exact) mass is 345 g/mol. The molecule has 10 nitrogen and oxygen atoms in total. The SMILES string of the molecule is N#C[C@@H]1CCCN1C(=O)[C@@H](N)Cc1ccc(NC(=N)N[N+](=O)[O-])cc1. The summed E-state index contributed by atoms with van der Waals surface area (Å²) in [6.07, 6.45) is 1.80. The molecule has 1 aliphatic rings. The molecule has 0 spiro atoms. The second kappa shape index (κ2) is 8.07. The number of carbonyl (C=O) groups is 1. The Morgan fingerprint density at radius 1 is 1.52 bits per heavy atom.